The summed E-state index contributed by atoms with van der Waals surface area (Å²) >= 11 is 0. The number of aromatic nitrogens is 2. The van der Waals surface area contributed by atoms with Gasteiger partial charge in [0, 0.05) is 18.7 Å². The molecule has 2 aromatic rings. The molecule has 0 amide bonds. The summed E-state index contributed by atoms with van der Waals surface area (Å²) in [7, 11) is 2.21. The van der Waals surface area contributed by atoms with Crippen LogP contribution in [0.25, 0.3) is 11.0 Å². The van der Waals surface area contributed by atoms with Gasteiger partial charge >= 0.3 is 0 Å². The Hall–Kier alpha value is -1.55. The highest BCUT2D eigenvalue weighted by molar-refractivity contribution is 5.79. The first kappa shape index (κ1) is 13.4. The van der Waals surface area contributed by atoms with Gasteiger partial charge in [0.25, 0.3) is 0 Å². The number of rotatable bonds is 3. The minimum atomic E-state index is 0.770. The van der Waals surface area contributed by atoms with Crippen LogP contribution in [0.1, 0.15) is 25.6 Å². The van der Waals surface area contributed by atoms with E-state index in [9.17, 15) is 0 Å². The second-order valence-corrected chi connectivity index (χ2v) is 5.99. The van der Waals surface area contributed by atoms with Crippen molar-refractivity contribution >= 4 is 16.7 Å². The molecule has 0 atom stereocenters. The molecule has 2 heterocycles. The maximum absolute atomic E-state index is 5.87. The maximum atomic E-state index is 5.87. The minimum absolute atomic E-state index is 0.770. The summed E-state index contributed by atoms with van der Waals surface area (Å²) in [5.41, 5.74) is 8.93. The largest absolute Gasteiger partial charge is 0.399 e. The van der Waals surface area contributed by atoms with E-state index < -0.39 is 0 Å². The summed E-state index contributed by atoms with van der Waals surface area (Å²) in [5.74, 6) is 1.95. The molecule has 0 radical (unpaired) electrons. The number of nitrogens with two attached hydrogens (primary N) is 1. The maximum Gasteiger partial charge on any atom is 0.109 e. The Morgan fingerprint density at radius 3 is 2.75 bits per heavy atom. The molecular formula is C16H24N4. The molecule has 1 aromatic carbocycles. The van der Waals surface area contributed by atoms with Crippen LogP contribution in [0.15, 0.2) is 18.2 Å². The molecule has 108 valence electrons. The highest BCUT2D eigenvalue weighted by Crippen LogP contribution is 2.24. The number of fused-ring (bicyclic) bond motifs is 1. The van der Waals surface area contributed by atoms with Gasteiger partial charge in [-0.05, 0) is 57.1 Å². The van der Waals surface area contributed by atoms with E-state index in [4.69, 9.17) is 10.7 Å². The van der Waals surface area contributed by atoms with Crippen molar-refractivity contribution in [1.82, 2.24) is 14.5 Å². The molecule has 0 aliphatic carbocycles. The molecular weight excluding hydrogens is 248 g/mol. The topological polar surface area (TPSA) is 47.1 Å². The molecule has 1 aliphatic heterocycles. The molecule has 20 heavy (non-hydrogen) atoms. The van der Waals surface area contributed by atoms with E-state index in [1.165, 1.54) is 37.3 Å². The summed E-state index contributed by atoms with van der Waals surface area (Å²) in [6.07, 6.45) is 3.55. The molecule has 1 aromatic heterocycles. The number of likely N-dealkylation sites (tertiary alicyclic amines) is 1. The SMILES string of the molecule is CCc1nc2cc(N)ccc2n1CC1CCN(C)CC1. The first-order valence-corrected chi connectivity index (χ1v) is 7.60. The molecule has 0 saturated carbocycles. The van der Waals surface area contributed by atoms with Gasteiger partial charge in [0.15, 0.2) is 0 Å². The van der Waals surface area contributed by atoms with E-state index in [0.29, 0.717) is 0 Å². The zero-order valence-corrected chi connectivity index (χ0v) is 12.5. The normalized spacial score (nSPS) is 17.9. The Bertz CT molecular complexity index is 594. The van der Waals surface area contributed by atoms with Crippen LogP contribution in [0, 0.1) is 5.92 Å². The van der Waals surface area contributed by atoms with E-state index in [2.05, 4.69) is 29.5 Å². The summed E-state index contributed by atoms with van der Waals surface area (Å²) < 4.78 is 2.41. The van der Waals surface area contributed by atoms with Crippen LogP contribution < -0.4 is 5.73 Å². The third-order valence-electron chi connectivity index (χ3n) is 4.45. The predicted molar refractivity (Wildman–Crippen MR) is 83.7 cm³/mol. The molecule has 2 N–H and O–H groups in total. The molecule has 1 saturated heterocycles. The molecule has 3 rings (SSSR count). The number of nitrogen functional groups attached to an aromatic ring is 1. The van der Waals surface area contributed by atoms with Crippen molar-refractivity contribution in [3.8, 4) is 0 Å². The van der Waals surface area contributed by atoms with Crippen molar-refractivity contribution in [2.24, 2.45) is 5.92 Å². The second kappa shape index (κ2) is 5.44. The Labute approximate surface area is 120 Å². The zero-order chi connectivity index (χ0) is 14.1. The van der Waals surface area contributed by atoms with Crippen molar-refractivity contribution in [3.63, 3.8) is 0 Å². The Morgan fingerprint density at radius 1 is 1.30 bits per heavy atom. The lowest BCUT2D eigenvalue weighted by Gasteiger charge is -2.29. The molecule has 0 spiro atoms. The van der Waals surface area contributed by atoms with Crippen LogP contribution in [0.5, 0.6) is 0 Å². The van der Waals surface area contributed by atoms with Crippen molar-refractivity contribution in [2.75, 3.05) is 25.9 Å². The van der Waals surface area contributed by atoms with Gasteiger partial charge in [0.1, 0.15) is 5.82 Å². The van der Waals surface area contributed by atoms with Crippen LogP contribution in [-0.2, 0) is 13.0 Å². The average molecular weight is 272 g/mol. The number of hydrogen-bond donors (Lipinski definition) is 1. The smallest absolute Gasteiger partial charge is 0.109 e. The van der Waals surface area contributed by atoms with Gasteiger partial charge in [0.05, 0.1) is 11.0 Å². The number of nitrogens with zero attached hydrogens (tertiary/aromatic N) is 3. The lowest BCUT2D eigenvalue weighted by molar-refractivity contribution is 0.205. The van der Waals surface area contributed by atoms with Gasteiger partial charge in [-0.3, -0.25) is 0 Å². The molecule has 4 heteroatoms. The second-order valence-electron chi connectivity index (χ2n) is 5.99. The van der Waals surface area contributed by atoms with Gasteiger partial charge in [-0.25, -0.2) is 4.98 Å². The highest BCUT2D eigenvalue weighted by Gasteiger charge is 2.19. The Kier molecular flexibility index (Phi) is 3.66. The van der Waals surface area contributed by atoms with E-state index in [-0.39, 0.29) is 0 Å². The molecule has 4 nitrogen and oxygen atoms in total. The molecule has 0 unspecified atom stereocenters. The Morgan fingerprint density at radius 2 is 2.05 bits per heavy atom. The lowest BCUT2D eigenvalue weighted by atomic mass is 9.97. The third-order valence-corrected chi connectivity index (χ3v) is 4.45. The van der Waals surface area contributed by atoms with E-state index in [1.54, 1.807) is 0 Å². The first-order valence-electron chi connectivity index (χ1n) is 7.60. The van der Waals surface area contributed by atoms with Crippen LogP contribution in [0.2, 0.25) is 0 Å². The Balaban J connectivity index is 1.89. The summed E-state index contributed by atoms with van der Waals surface area (Å²) in [6, 6.07) is 6.08. The quantitative estimate of drug-likeness (QED) is 0.873. The van der Waals surface area contributed by atoms with Gasteiger partial charge in [0.2, 0.25) is 0 Å². The van der Waals surface area contributed by atoms with Crippen LogP contribution >= 0.6 is 0 Å². The zero-order valence-electron chi connectivity index (χ0n) is 12.5. The van der Waals surface area contributed by atoms with E-state index in [0.717, 1.165) is 30.1 Å². The minimum Gasteiger partial charge on any atom is -0.399 e. The number of piperidine rings is 1. The predicted octanol–water partition coefficient (Wildman–Crippen LogP) is 2.52. The standard InChI is InChI=1S/C16H24N4/c1-3-16-18-14-10-13(17)4-5-15(14)20(16)11-12-6-8-19(2)9-7-12/h4-5,10,12H,3,6-9,11,17H2,1-2H3. The fourth-order valence-corrected chi connectivity index (χ4v) is 3.17. The average Bonchev–Trinajstić information content (AvgIpc) is 2.78. The molecule has 0 bridgehead atoms. The van der Waals surface area contributed by atoms with Crippen molar-refractivity contribution in [1.29, 1.82) is 0 Å². The number of anilines is 1. The number of aryl methyl sites for hydroxylation is 1. The fourth-order valence-electron chi connectivity index (χ4n) is 3.17. The van der Waals surface area contributed by atoms with Crippen LogP contribution in [-0.4, -0.2) is 34.6 Å². The van der Waals surface area contributed by atoms with Gasteiger partial charge in [-0.15, -0.1) is 0 Å². The van der Waals surface area contributed by atoms with E-state index in [1.807, 2.05) is 12.1 Å². The lowest BCUT2D eigenvalue weighted by Crippen LogP contribution is -2.32. The van der Waals surface area contributed by atoms with E-state index >= 15 is 0 Å². The van der Waals surface area contributed by atoms with Gasteiger partial charge in [-0.1, -0.05) is 6.92 Å². The third kappa shape index (κ3) is 2.52. The van der Waals surface area contributed by atoms with Crippen molar-refractivity contribution in [2.45, 2.75) is 32.7 Å². The van der Waals surface area contributed by atoms with Crippen LogP contribution in [0.3, 0.4) is 0 Å². The van der Waals surface area contributed by atoms with Crippen LogP contribution in [0.4, 0.5) is 5.69 Å². The van der Waals surface area contributed by atoms with Crippen molar-refractivity contribution in [3.05, 3.63) is 24.0 Å². The fraction of sp³-hybridized carbons (Fsp3) is 0.562. The number of hydrogen-bond acceptors (Lipinski definition) is 3. The number of imidazole rings is 1. The number of benzene rings is 1. The van der Waals surface area contributed by atoms with Gasteiger partial charge in [-0.2, -0.15) is 0 Å². The summed E-state index contributed by atoms with van der Waals surface area (Å²) in [6.45, 7) is 5.70. The monoisotopic (exact) mass is 272 g/mol. The molecule has 1 fully saturated rings. The van der Waals surface area contributed by atoms with Gasteiger partial charge < -0.3 is 15.2 Å². The highest BCUT2D eigenvalue weighted by atomic mass is 15.1. The first-order chi connectivity index (χ1) is 9.67. The summed E-state index contributed by atoms with van der Waals surface area (Å²) in [5, 5.41) is 0. The van der Waals surface area contributed by atoms with Crippen molar-refractivity contribution < 1.29 is 0 Å². The molecule has 1 aliphatic rings. The summed E-state index contributed by atoms with van der Waals surface area (Å²) in [4.78, 5) is 7.17.